The van der Waals surface area contributed by atoms with Crippen LogP contribution in [-0.2, 0) is 25.6 Å². The second-order valence-corrected chi connectivity index (χ2v) is 11.9. The Morgan fingerprint density at radius 1 is 1.05 bits per heavy atom. The molecule has 5 rings (SSSR count). The van der Waals surface area contributed by atoms with Gasteiger partial charge in [0.05, 0.1) is 17.2 Å². The molecule has 2 fully saturated rings. The van der Waals surface area contributed by atoms with Crippen LogP contribution in [0.4, 0.5) is 27.5 Å². The molecule has 5 atom stereocenters. The number of aromatic hydroxyl groups is 1. The molecule has 14 heteroatoms. The van der Waals surface area contributed by atoms with E-state index in [0.717, 1.165) is 5.56 Å². The van der Waals surface area contributed by atoms with Gasteiger partial charge in [-0.25, -0.2) is 4.79 Å². The zero-order valence-corrected chi connectivity index (χ0v) is 24.5. The van der Waals surface area contributed by atoms with Crippen LogP contribution in [-0.4, -0.2) is 76.8 Å². The fourth-order valence-corrected chi connectivity index (χ4v) is 6.79. The van der Waals surface area contributed by atoms with E-state index in [0.29, 0.717) is 16.0 Å². The molecule has 3 amide bonds. The highest BCUT2D eigenvalue weighted by Gasteiger charge is 2.66. The summed E-state index contributed by atoms with van der Waals surface area (Å²) >= 11 is 0. The Bertz CT molecular complexity index is 1700. The summed E-state index contributed by atoms with van der Waals surface area (Å²) < 4.78 is 0.580. The average molecular weight is 607 g/mol. The number of anilines is 3. The number of aliphatic hydroxyl groups is 1. The molecule has 0 heterocycles. The standard InChI is InChI=1S/C30H31N5O9/c1-12-5-6-16(19(7-12)35(4)44)32-29(42)33-17-11-18(34(2)3)15-9-13-8-14-10-20(36)23(28(31)41)27(40)30(14,43)26(39)21(13)25(38)22(15)24(17)37/h5-7,11,13-14,21,23,43H,8-10H2,1-4H3,(H4-,31,32,33,37,38,41,42,44)/p+1/t13-,14+,21?,23?,30+/m1/s1. The molecule has 3 aliphatic rings. The number of amides is 3. The number of rotatable bonds is 5. The van der Waals surface area contributed by atoms with Gasteiger partial charge >= 0.3 is 6.03 Å². The molecule has 14 nitrogen and oxygen atoms in total. The van der Waals surface area contributed by atoms with Crippen LogP contribution in [0.2, 0.25) is 0 Å². The van der Waals surface area contributed by atoms with Crippen molar-refractivity contribution in [2.75, 3.05) is 36.7 Å². The van der Waals surface area contributed by atoms with E-state index in [2.05, 4.69) is 10.6 Å². The Hall–Kier alpha value is -4.98. The molecule has 2 unspecified atom stereocenters. The maximum Gasteiger partial charge on any atom is 0.323 e. The number of nitrogens with two attached hydrogens (primary N) is 1. The van der Waals surface area contributed by atoms with Gasteiger partial charge < -0.3 is 31.5 Å². The Labute approximate surface area is 251 Å². The zero-order valence-electron chi connectivity index (χ0n) is 24.5. The number of nitrogens with one attached hydrogen (secondary N) is 2. The summed E-state index contributed by atoms with van der Waals surface area (Å²) in [6, 6.07) is 5.44. The van der Waals surface area contributed by atoms with Crippen LogP contribution in [0.25, 0.3) is 0 Å². The third kappa shape index (κ3) is 4.61. The number of hydrogen-bond donors (Lipinski definition) is 5. The van der Waals surface area contributed by atoms with E-state index in [9.17, 15) is 43.9 Å². The minimum absolute atomic E-state index is 0.0376. The first-order valence-corrected chi connectivity index (χ1v) is 13.9. The number of carbonyl (C=O) groups is 6. The van der Waals surface area contributed by atoms with E-state index in [1.807, 2.05) is 0 Å². The molecule has 230 valence electrons. The van der Waals surface area contributed by atoms with Gasteiger partial charge in [0, 0.05) is 47.9 Å². The maximum atomic E-state index is 14.0. The lowest BCUT2D eigenvalue weighted by molar-refractivity contribution is -0.427. The van der Waals surface area contributed by atoms with E-state index in [4.69, 9.17) is 5.73 Å². The Kier molecular flexibility index (Phi) is 7.36. The first-order chi connectivity index (χ1) is 20.6. The van der Waals surface area contributed by atoms with Gasteiger partial charge in [-0.05, 0) is 48.9 Å². The summed E-state index contributed by atoms with van der Waals surface area (Å²) in [5.41, 5.74) is 4.04. The molecule has 0 spiro atoms. The summed E-state index contributed by atoms with van der Waals surface area (Å²) in [4.78, 5) is 92.0. The lowest BCUT2D eigenvalue weighted by Gasteiger charge is -2.48. The number of Topliss-reactive ketones (excluding diaryl/α,β-unsaturated/α-hetero) is 4. The molecule has 2 aromatic carbocycles. The predicted molar refractivity (Wildman–Crippen MR) is 156 cm³/mol. The molecule has 0 aliphatic heterocycles. The van der Waals surface area contributed by atoms with Crippen LogP contribution < -0.4 is 21.3 Å². The number of phenols is 1. The van der Waals surface area contributed by atoms with Crippen LogP contribution >= 0.6 is 0 Å². The topological polar surface area (TPSA) is 216 Å². The third-order valence-electron chi connectivity index (χ3n) is 8.85. The van der Waals surface area contributed by atoms with Gasteiger partial charge in [0.1, 0.15) is 11.4 Å². The zero-order chi connectivity index (χ0) is 32.4. The van der Waals surface area contributed by atoms with Gasteiger partial charge in [-0.2, -0.15) is 0 Å². The first kappa shape index (κ1) is 30.5. The van der Waals surface area contributed by atoms with Gasteiger partial charge in [-0.15, -0.1) is 0 Å². The van der Waals surface area contributed by atoms with Crippen molar-refractivity contribution in [3.63, 3.8) is 0 Å². The van der Waals surface area contributed by atoms with E-state index in [1.165, 1.54) is 19.2 Å². The lowest BCUT2D eigenvalue weighted by Crippen LogP contribution is -2.68. The van der Waals surface area contributed by atoms with Gasteiger partial charge in [0.15, 0.2) is 41.7 Å². The minimum Gasteiger partial charge on any atom is -0.505 e. The molecular weight excluding hydrogens is 574 g/mol. The number of fused-ring (bicyclic) bond motifs is 3. The van der Waals surface area contributed by atoms with Gasteiger partial charge in [0.2, 0.25) is 5.91 Å². The SMILES string of the molecule is Cc1ccc(NC(=O)Nc2cc(N(C)C)c3c(c2O)C(=O)C2C(=O)[C@]4(O)C(=O)C(C(N)=O)C(=O)C[C@@H]4C[C@@H]2C3)c([N+](C)=O)c1. The van der Waals surface area contributed by atoms with Crippen LogP contribution in [0.1, 0.15) is 34.3 Å². The van der Waals surface area contributed by atoms with Gasteiger partial charge in [-0.1, -0.05) is 6.07 Å². The second kappa shape index (κ2) is 10.6. The molecule has 0 aromatic heterocycles. The molecular formula is C30H32N5O9+. The summed E-state index contributed by atoms with van der Waals surface area (Å²) in [7, 11) is 4.64. The van der Waals surface area contributed by atoms with Crippen molar-refractivity contribution in [3.8, 4) is 5.75 Å². The number of benzene rings is 2. The first-order valence-electron chi connectivity index (χ1n) is 13.9. The number of primary amides is 1. The number of carbonyl (C=O) groups excluding carboxylic acids is 6. The monoisotopic (exact) mass is 606 g/mol. The van der Waals surface area contributed by atoms with Crippen molar-refractivity contribution in [1.82, 2.24) is 0 Å². The smallest absolute Gasteiger partial charge is 0.323 e. The largest absolute Gasteiger partial charge is 0.505 e. The predicted octanol–water partition coefficient (Wildman–Crippen LogP) is 1.39. The molecule has 0 radical (unpaired) electrons. The number of nitrogens with zero attached hydrogens (tertiary/aromatic N) is 2. The van der Waals surface area contributed by atoms with Crippen molar-refractivity contribution >= 4 is 57.8 Å². The summed E-state index contributed by atoms with van der Waals surface area (Å²) in [5, 5.41) is 27.7. The molecule has 6 N–H and O–H groups in total. The summed E-state index contributed by atoms with van der Waals surface area (Å²) in [5.74, 6) is -11.4. The van der Waals surface area contributed by atoms with E-state index < -0.39 is 76.5 Å². The highest BCUT2D eigenvalue weighted by molar-refractivity contribution is 6.31. The lowest BCUT2D eigenvalue weighted by atomic mass is 9.53. The van der Waals surface area contributed by atoms with Crippen molar-refractivity contribution < 1.29 is 43.7 Å². The number of urea groups is 1. The maximum absolute atomic E-state index is 14.0. The number of ketones is 4. The van der Waals surface area contributed by atoms with Gasteiger partial charge in [-0.3, -0.25) is 24.0 Å². The minimum atomic E-state index is -2.77. The highest BCUT2D eigenvalue weighted by Crippen LogP contribution is 2.52. The molecule has 2 saturated carbocycles. The normalized spacial score (nSPS) is 25.8. The Morgan fingerprint density at radius 2 is 1.70 bits per heavy atom. The van der Waals surface area contributed by atoms with Crippen LogP contribution in [0, 0.1) is 35.5 Å². The third-order valence-corrected chi connectivity index (χ3v) is 8.85. The summed E-state index contributed by atoms with van der Waals surface area (Å²) in [6.07, 6.45) is -0.383. The highest BCUT2D eigenvalue weighted by atomic mass is 16.3. The fraction of sp³-hybridized carbons (Fsp3) is 0.400. The van der Waals surface area contributed by atoms with E-state index in [-0.39, 0.29) is 35.5 Å². The van der Waals surface area contributed by atoms with Crippen LogP contribution in [0.5, 0.6) is 5.75 Å². The van der Waals surface area contributed by atoms with E-state index in [1.54, 1.807) is 38.1 Å². The number of hydrogen-bond acceptors (Lipinski definition) is 10. The van der Waals surface area contributed by atoms with Crippen LogP contribution in [0.15, 0.2) is 24.3 Å². The van der Waals surface area contributed by atoms with Crippen molar-refractivity contribution in [2.45, 2.75) is 31.8 Å². The van der Waals surface area contributed by atoms with Gasteiger partial charge in [0.25, 0.3) is 5.69 Å². The number of phenolic OH excluding ortho intramolecular Hbond substituents is 1. The van der Waals surface area contributed by atoms with E-state index >= 15 is 0 Å². The van der Waals surface area contributed by atoms with Crippen LogP contribution in [0.3, 0.4) is 0 Å². The molecule has 3 aliphatic carbocycles. The fourth-order valence-electron chi connectivity index (χ4n) is 6.79. The molecule has 2 aromatic rings. The molecule has 44 heavy (non-hydrogen) atoms. The number of aryl methyl sites for hydroxylation is 1. The second-order valence-electron chi connectivity index (χ2n) is 11.9. The quantitative estimate of drug-likeness (QED) is 0.187. The molecule has 0 saturated heterocycles. The average Bonchev–Trinajstić information content (AvgIpc) is 2.92. The Morgan fingerprint density at radius 3 is 2.32 bits per heavy atom. The summed E-state index contributed by atoms with van der Waals surface area (Å²) in [6.45, 7) is 1.78. The molecule has 0 bridgehead atoms. The van der Waals surface area contributed by atoms with Crippen molar-refractivity contribution in [2.24, 2.45) is 29.4 Å². The van der Waals surface area contributed by atoms with Crippen molar-refractivity contribution in [1.29, 1.82) is 0 Å². The van der Waals surface area contributed by atoms with Crippen molar-refractivity contribution in [3.05, 3.63) is 45.9 Å². The Balaban J connectivity index is 1.52. The number of nitroso groups, excluding NO2 is 1.